The van der Waals surface area contributed by atoms with Crippen molar-refractivity contribution in [2.45, 2.75) is 31.6 Å². The van der Waals surface area contributed by atoms with Crippen LogP contribution in [-0.2, 0) is 11.0 Å². The summed E-state index contributed by atoms with van der Waals surface area (Å²) in [4.78, 5) is 20.0. The molecule has 1 aliphatic heterocycles. The summed E-state index contributed by atoms with van der Waals surface area (Å²) >= 11 is 5.79. The van der Waals surface area contributed by atoms with Crippen molar-refractivity contribution in [3.05, 3.63) is 52.4 Å². The molecule has 1 fully saturated rings. The maximum atomic E-state index is 13.4. The van der Waals surface area contributed by atoms with Crippen molar-refractivity contribution < 1.29 is 22.4 Å². The van der Waals surface area contributed by atoms with Crippen LogP contribution in [0.5, 0.6) is 0 Å². The third kappa shape index (κ3) is 4.45. The van der Waals surface area contributed by atoms with Crippen LogP contribution in [0.25, 0.3) is 0 Å². The fraction of sp³-hybridized carbons (Fsp3) is 0.368. The van der Waals surface area contributed by atoms with E-state index in [1.165, 1.54) is 35.9 Å². The Morgan fingerprint density at radius 3 is 2.62 bits per heavy atom. The van der Waals surface area contributed by atoms with E-state index in [0.29, 0.717) is 5.69 Å². The Kier molecular flexibility index (Phi) is 5.73. The SMILES string of the molecule is Cc1cc(C(F)(F)F)cc(N2C[C@@H](N)C[C@H]2C(=O)N(C)c2ccc(F)c(Cl)c2)n1. The number of alkyl halides is 3. The van der Waals surface area contributed by atoms with Crippen LogP contribution in [0.2, 0.25) is 5.02 Å². The van der Waals surface area contributed by atoms with E-state index in [9.17, 15) is 22.4 Å². The predicted molar refractivity (Wildman–Crippen MR) is 103 cm³/mol. The number of aryl methyl sites for hydroxylation is 1. The lowest BCUT2D eigenvalue weighted by Gasteiger charge is -2.29. The summed E-state index contributed by atoms with van der Waals surface area (Å²) in [7, 11) is 1.48. The van der Waals surface area contributed by atoms with Gasteiger partial charge in [0.05, 0.1) is 10.6 Å². The number of anilines is 2. The Morgan fingerprint density at radius 2 is 2.00 bits per heavy atom. The molecule has 0 aliphatic carbocycles. The number of nitrogens with zero attached hydrogens (tertiary/aromatic N) is 3. The second-order valence-electron chi connectivity index (χ2n) is 7.01. The molecule has 156 valence electrons. The van der Waals surface area contributed by atoms with Crippen molar-refractivity contribution in [1.29, 1.82) is 0 Å². The number of benzene rings is 1. The minimum absolute atomic E-state index is 0.0363. The number of carbonyl (C=O) groups excluding carboxylic acids is 1. The first-order valence-corrected chi connectivity index (χ1v) is 9.16. The van der Waals surface area contributed by atoms with Crippen molar-refractivity contribution in [1.82, 2.24) is 4.98 Å². The van der Waals surface area contributed by atoms with Crippen molar-refractivity contribution >= 4 is 29.0 Å². The molecule has 0 unspecified atom stereocenters. The Morgan fingerprint density at radius 1 is 1.31 bits per heavy atom. The van der Waals surface area contributed by atoms with Crippen LogP contribution in [0.1, 0.15) is 17.7 Å². The number of rotatable bonds is 3. The molecule has 2 N–H and O–H groups in total. The molecule has 29 heavy (non-hydrogen) atoms. The van der Waals surface area contributed by atoms with Crippen LogP contribution in [0, 0.1) is 12.7 Å². The summed E-state index contributed by atoms with van der Waals surface area (Å²) in [5.74, 6) is -0.990. The summed E-state index contributed by atoms with van der Waals surface area (Å²) in [6.45, 7) is 1.64. The minimum Gasteiger partial charge on any atom is -0.343 e. The molecule has 1 aliphatic rings. The highest BCUT2D eigenvalue weighted by atomic mass is 35.5. The van der Waals surface area contributed by atoms with Gasteiger partial charge in [-0.2, -0.15) is 13.2 Å². The maximum Gasteiger partial charge on any atom is 0.416 e. The zero-order chi connectivity index (χ0) is 21.5. The van der Waals surface area contributed by atoms with E-state index in [4.69, 9.17) is 17.3 Å². The van der Waals surface area contributed by atoms with Gasteiger partial charge in [0.1, 0.15) is 17.7 Å². The molecule has 0 bridgehead atoms. The number of hydrogen-bond acceptors (Lipinski definition) is 4. The van der Waals surface area contributed by atoms with E-state index in [0.717, 1.165) is 18.2 Å². The summed E-state index contributed by atoms with van der Waals surface area (Å²) in [6, 6.07) is 4.48. The van der Waals surface area contributed by atoms with Crippen molar-refractivity contribution in [2.24, 2.45) is 5.73 Å². The van der Waals surface area contributed by atoms with Gasteiger partial charge in [-0.15, -0.1) is 0 Å². The standard InChI is InChI=1S/C19H19ClF4N4O/c1-10-5-11(19(22,23)24)6-17(26-10)28-9-12(25)7-16(28)18(29)27(2)13-3-4-15(21)14(20)8-13/h3-6,8,12,16H,7,9,25H2,1-2H3/t12-,16-/m0/s1. The number of carbonyl (C=O) groups is 1. The maximum absolute atomic E-state index is 13.4. The zero-order valence-electron chi connectivity index (χ0n) is 15.7. The van der Waals surface area contributed by atoms with Crippen LogP contribution in [0.3, 0.4) is 0 Å². The molecule has 2 aromatic rings. The predicted octanol–water partition coefficient (Wildman–Crippen LogP) is 3.77. The highest BCUT2D eigenvalue weighted by Crippen LogP contribution is 2.34. The summed E-state index contributed by atoms with van der Waals surface area (Å²) in [5.41, 5.74) is 5.70. The number of aromatic nitrogens is 1. The van der Waals surface area contributed by atoms with E-state index < -0.39 is 35.5 Å². The molecule has 1 saturated heterocycles. The molecule has 0 spiro atoms. The monoisotopic (exact) mass is 430 g/mol. The quantitative estimate of drug-likeness (QED) is 0.753. The van der Waals surface area contributed by atoms with Crippen molar-refractivity contribution in [3.63, 3.8) is 0 Å². The number of hydrogen-bond donors (Lipinski definition) is 1. The molecule has 0 radical (unpaired) electrons. The summed E-state index contributed by atoms with van der Waals surface area (Å²) in [6.07, 6.45) is -4.29. The molecule has 2 atom stereocenters. The number of pyridine rings is 1. The van der Waals surface area contributed by atoms with E-state index in [1.54, 1.807) is 0 Å². The van der Waals surface area contributed by atoms with Gasteiger partial charge in [0, 0.05) is 31.0 Å². The molecular formula is C19H19ClF4N4O. The Balaban J connectivity index is 1.93. The lowest BCUT2D eigenvalue weighted by molar-refractivity contribution is -0.137. The van der Waals surface area contributed by atoms with Gasteiger partial charge in [-0.25, -0.2) is 9.37 Å². The molecule has 5 nitrogen and oxygen atoms in total. The molecule has 1 amide bonds. The molecule has 10 heteroatoms. The normalized spacial score (nSPS) is 19.5. The number of nitrogens with two attached hydrogens (primary N) is 1. The van der Waals surface area contributed by atoms with Gasteiger partial charge in [0.15, 0.2) is 0 Å². The van der Waals surface area contributed by atoms with Gasteiger partial charge in [-0.3, -0.25) is 4.79 Å². The Hall–Kier alpha value is -2.39. The third-order valence-corrected chi connectivity index (χ3v) is 5.09. The first kappa shape index (κ1) is 21.3. The van der Waals surface area contributed by atoms with Crippen LogP contribution in [0.15, 0.2) is 30.3 Å². The Labute approximate surface area is 170 Å². The number of likely N-dealkylation sites (N-methyl/N-ethyl adjacent to an activating group) is 1. The molecule has 0 saturated carbocycles. The van der Waals surface area contributed by atoms with Crippen LogP contribution >= 0.6 is 11.6 Å². The second-order valence-corrected chi connectivity index (χ2v) is 7.42. The highest BCUT2D eigenvalue weighted by Gasteiger charge is 2.39. The summed E-state index contributed by atoms with van der Waals surface area (Å²) in [5, 5.41) is -0.141. The lowest BCUT2D eigenvalue weighted by Crippen LogP contribution is -2.44. The average Bonchev–Trinajstić information content (AvgIpc) is 3.03. The number of halogens is 5. The Bertz CT molecular complexity index is 937. The van der Waals surface area contributed by atoms with Gasteiger partial charge in [-0.05, 0) is 43.7 Å². The van der Waals surface area contributed by atoms with Gasteiger partial charge in [-0.1, -0.05) is 11.6 Å². The van der Waals surface area contributed by atoms with Gasteiger partial charge >= 0.3 is 6.18 Å². The van der Waals surface area contributed by atoms with E-state index in [-0.39, 0.29) is 29.5 Å². The minimum atomic E-state index is -4.54. The molecule has 3 rings (SSSR count). The largest absolute Gasteiger partial charge is 0.416 e. The van der Waals surface area contributed by atoms with E-state index in [2.05, 4.69) is 4.98 Å². The van der Waals surface area contributed by atoms with Crippen molar-refractivity contribution in [2.75, 3.05) is 23.4 Å². The third-order valence-electron chi connectivity index (χ3n) is 4.80. The second kappa shape index (κ2) is 7.79. The molecule has 2 heterocycles. The first-order valence-electron chi connectivity index (χ1n) is 8.78. The van der Waals surface area contributed by atoms with Crippen LogP contribution in [0.4, 0.5) is 29.1 Å². The fourth-order valence-electron chi connectivity index (χ4n) is 3.36. The number of amides is 1. The van der Waals surface area contributed by atoms with Gasteiger partial charge < -0.3 is 15.5 Å². The lowest BCUT2D eigenvalue weighted by atomic mass is 10.1. The topological polar surface area (TPSA) is 62.5 Å². The van der Waals surface area contributed by atoms with Gasteiger partial charge in [0.25, 0.3) is 0 Å². The van der Waals surface area contributed by atoms with Crippen LogP contribution < -0.4 is 15.5 Å². The van der Waals surface area contributed by atoms with E-state index in [1.807, 2.05) is 0 Å². The van der Waals surface area contributed by atoms with E-state index >= 15 is 0 Å². The summed E-state index contributed by atoms with van der Waals surface area (Å²) < 4.78 is 53.0. The highest BCUT2D eigenvalue weighted by molar-refractivity contribution is 6.31. The van der Waals surface area contributed by atoms with Crippen LogP contribution in [-0.4, -0.2) is 36.6 Å². The molecular weight excluding hydrogens is 412 g/mol. The smallest absolute Gasteiger partial charge is 0.343 e. The van der Waals surface area contributed by atoms with Crippen molar-refractivity contribution in [3.8, 4) is 0 Å². The molecule has 1 aromatic carbocycles. The van der Waals surface area contributed by atoms with Gasteiger partial charge in [0.2, 0.25) is 5.91 Å². The zero-order valence-corrected chi connectivity index (χ0v) is 16.4. The average molecular weight is 431 g/mol. The first-order chi connectivity index (χ1) is 13.5. The fourth-order valence-corrected chi connectivity index (χ4v) is 3.54. The molecule has 1 aromatic heterocycles.